The van der Waals surface area contributed by atoms with Gasteiger partial charge in [0.2, 0.25) is 11.1 Å². The van der Waals surface area contributed by atoms with Crippen molar-refractivity contribution in [1.29, 1.82) is 0 Å². The van der Waals surface area contributed by atoms with Gasteiger partial charge in [0.15, 0.2) is 5.82 Å². The molecule has 3 aromatic rings. The Balaban J connectivity index is 1.66. The summed E-state index contributed by atoms with van der Waals surface area (Å²) in [5, 5.41) is 11.0. The van der Waals surface area contributed by atoms with Crippen molar-refractivity contribution in [1.82, 2.24) is 14.9 Å². The van der Waals surface area contributed by atoms with Crippen molar-refractivity contribution in [3.63, 3.8) is 0 Å². The molecule has 0 unspecified atom stereocenters. The Bertz CT molecular complexity index is 1070. The zero-order valence-corrected chi connectivity index (χ0v) is 19.4. The first-order valence-electron chi connectivity index (χ1n) is 10.4. The number of aromatic nitrogens is 3. The molecule has 1 heterocycles. The number of nitrogens with zero attached hydrogens (tertiary/aromatic N) is 3. The molecular formula is C23H28FN5O2S. The summed E-state index contributed by atoms with van der Waals surface area (Å²) in [5.41, 5.74) is 2.74. The standard InChI is InChI=1S/C23H28FN5O2S/c1-5-20(22(30)26-17-9-7-16(24)8-10-17)32-23-28-27-21(29(23)25)13-31-19-12-15(4)6-11-18(19)14(2)3/h6-12,14,20H,5,13,25H2,1-4H3,(H,26,30)/t20-/m1/s1. The molecule has 0 aliphatic carbocycles. The third-order valence-electron chi connectivity index (χ3n) is 4.91. The quantitative estimate of drug-likeness (QED) is 0.359. The summed E-state index contributed by atoms with van der Waals surface area (Å²) >= 11 is 1.22. The van der Waals surface area contributed by atoms with E-state index in [4.69, 9.17) is 10.6 Å². The van der Waals surface area contributed by atoms with Crippen LogP contribution in [0.2, 0.25) is 0 Å². The van der Waals surface area contributed by atoms with E-state index in [1.54, 1.807) is 0 Å². The number of amides is 1. The lowest BCUT2D eigenvalue weighted by Gasteiger charge is -2.15. The number of nitrogen functional groups attached to an aromatic ring is 1. The molecule has 0 aliphatic rings. The number of anilines is 1. The molecule has 32 heavy (non-hydrogen) atoms. The molecule has 0 fully saturated rings. The molecular weight excluding hydrogens is 429 g/mol. The van der Waals surface area contributed by atoms with Crippen molar-refractivity contribution in [2.75, 3.05) is 11.2 Å². The maximum atomic E-state index is 13.1. The van der Waals surface area contributed by atoms with E-state index in [2.05, 4.69) is 41.5 Å². The summed E-state index contributed by atoms with van der Waals surface area (Å²) < 4.78 is 20.4. The Morgan fingerprint density at radius 3 is 2.59 bits per heavy atom. The number of carbonyl (C=O) groups is 1. The highest BCUT2D eigenvalue weighted by molar-refractivity contribution is 8.00. The molecule has 0 spiro atoms. The third-order valence-corrected chi connectivity index (χ3v) is 6.23. The first-order chi connectivity index (χ1) is 15.3. The molecule has 0 bridgehead atoms. The van der Waals surface area contributed by atoms with Gasteiger partial charge in [0.1, 0.15) is 18.2 Å². The maximum absolute atomic E-state index is 13.1. The van der Waals surface area contributed by atoms with Gasteiger partial charge in [0.25, 0.3) is 0 Å². The van der Waals surface area contributed by atoms with Crippen LogP contribution >= 0.6 is 11.8 Å². The molecule has 3 rings (SSSR count). The predicted molar refractivity (Wildman–Crippen MR) is 125 cm³/mol. The van der Waals surface area contributed by atoms with Gasteiger partial charge in [0.05, 0.1) is 5.25 Å². The summed E-state index contributed by atoms with van der Waals surface area (Å²) in [6.07, 6.45) is 0.553. The van der Waals surface area contributed by atoms with Crippen LogP contribution in [-0.2, 0) is 11.4 Å². The van der Waals surface area contributed by atoms with E-state index in [1.807, 2.05) is 19.9 Å². The predicted octanol–water partition coefficient (Wildman–Crippen LogP) is 4.65. The molecule has 0 saturated heterocycles. The van der Waals surface area contributed by atoms with Gasteiger partial charge < -0.3 is 15.9 Å². The number of nitrogens with two attached hydrogens (primary N) is 1. The molecule has 1 amide bonds. The van der Waals surface area contributed by atoms with Crippen LogP contribution < -0.4 is 15.9 Å². The van der Waals surface area contributed by atoms with Gasteiger partial charge in [-0.2, -0.15) is 0 Å². The Kier molecular flexibility index (Phi) is 7.74. The number of carbonyl (C=O) groups excluding carboxylic acids is 1. The fourth-order valence-corrected chi connectivity index (χ4v) is 3.97. The largest absolute Gasteiger partial charge is 0.485 e. The van der Waals surface area contributed by atoms with Crippen LogP contribution in [0.15, 0.2) is 47.6 Å². The SMILES string of the molecule is CC[C@@H](Sc1nnc(COc2cc(C)ccc2C(C)C)n1N)C(=O)Nc1ccc(F)cc1. The maximum Gasteiger partial charge on any atom is 0.237 e. The number of benzene rings is 2. The summed E-state index contributed by atoms with van der Waals surface area (Å²) in [6, 6.07) is 11.7. The van der Waals surface area contributed by atoms with Gasteiger partial charge in [-0.3, -0.25) is 4.79 Å². The molecule has 9 heteroatoms. The smallest absolute Gasteiger partial charge is 0.237 e. The average Bonchev–Trinajstić information content (AvgIpc) is 3.11. The molecule has 7 nitrogen and oxygen atoms in total. The van der Waals surface area contributed by atoms with E-state index >= 15 is 0 Å². The van der Waals surface area contributed by atoms with E-state index in [9.17, 15) is 9.18 Å². The summed E-state index contributed by atoms with van der Waals surface area (Å²) in [4.78, 5) is 12.6. The van der Waals surface area contributed by atoms with Gasteiger partial charge in [-0.1, -0.05) is 44.7 Å². The van der Waals surface area contributed by atoms with Crippen molar-refractivity contribution in [2.45, 2.75) is 57.0 Å². The second kappa shape index (κ2) is 10.5. The van der Waals surface area contributed by atoms with Gasteiger partial charge in [-0.25, -0.2) is 9.07 Å². The highest BCUT2D eigenvalue weighted by Crippen LogP contribution is 2.29. The molecule has 170 valence electrons. The van der Waals surface area contributed by atoms with Crippen LogP contribution in [-0.4, -0.2) is 26.0 Å². The van der Waals surface area contributed by atoms with Crippen LogP contribution in [0.5, 0.6) is 5.75 Å². The van der Waals surface area contributed by atoms with Crippen molar-refractivity contribution >= 4 is 23.4 Å². The third kappa shape index (κ3) is 5.79. The fourth-order valence-electron chi connectivity index (χ4n) is 3.08. The van der Waals surface area contributed by atoms with E-state index < -0.39 is 5.25 Å². The minimum Gasteiger partial charge on any atom is -0.485 e. The zero-order chi connectivity index (χ0) is 23.3. The van der Waals surface area contributed by atoms with Crippen molar-refractivity contribution < 1.29 is 13.9 Å². The molecule has 1 atom stereocenters. The molecule has 1 aromatic heterocycles. The van der Waals surface area contributed by atoms with Gasteiger partial charge >= 0.3 is 0 Å². The number of hydrogen-bond donors (Lipinski definition) is 2. The number of ether oxygens (including phenoxy) is 1. The van der Waals surface area contributed by atoms with Crippen molar-refractivity contribution in [3.05, 3.63) is 65.2 Å². The Morgan fingerprint density at radius 1 is 1.22 bits per heavy atom. The molecule has 0 saturated carbocycles. The first-order valence-corrected chi connectivity index (χ1v) is 11.3. The number of nitrogens with one attached hydrogen (secondary N) is 1. The second-order valence-corrected chi connectivity index (χ2v) is 8.93. The Morgan fingerprint density at radius 2 is 1.94 bits per heavy atom. The van der Waals surface area contributed by atoms with Gasteiger partial charge in [-0.05, 0) is 60.7 Å². The van der Waals surface area contributed by atoms with Crippen LogP contribution in [0.3, 0.4) is 0 Å². The number of rotatable bonds is 9. The Hall–Kier alpha value is -3.07. The topological polar surface area (TPSA) is 95.1 Å². The lowest BCUT2D eigenvalue weighted by molar-refractivity contribution is -0.115. The number of hydrogen-bond acceptors (Lipinski definition) is 6. The normalized spacial score (nSPS) is 12.1. The van der Waals surface area contributed by atoms with Crippen LogP contribution in [0, 0.1) is 12.7 Å². The Labute approximate surface area is 191 Å². The van der Waals surface area contributed by atoms with Gasteiger partial charge in [0, 0.05) is 5.69 Å². The monoisotopic (exact) mass is 457 g/mol. The molecule has 0 aliphatic heterocycles. The first kappa shape index (κ1) is 23.6. The highest BCUT2D eigenvalue weighted by Gasteiger charge is 2.22. The summed E-state index contributed by atoms with van der Waals surface area (Å²) in [6.45, 7) is 8.29. The molecule has 3 N–H and O–H groups in total. The van der Waals surface area contributed by atoms with E-state index in [1.165, 1.54) is 40.7 Å². The van der Waals surface area contributed by atoms with E-state index in [-0.39, 0.29) is 18.3 Å². The number of halogens is 1. The van der Waals surface area contributed by atoms with Crippen LogP contribution in [0.25, 0.3) is 0 Å². The molecule has 0 radical (unpaired) electrons. The minimum atomic E-state index is -0.440. The van der Waals surface area contributed by atoms with Crippen LogP contribution in [0.4, 0.5) is 10.1 Å². The van der Waals surface area contributed by atoms with Gasteiger partial charge in [-0.15, -0.1) is 10.2 Å². The lowest BCUT2D eigenvalue weighted by Crippen LogP contribution is -2.26. The van der Waals surface area contributed by atoms with E-state index in [0.717, 1.165) is 16.9 Å². The average molecular weight is 458 g/mol. The van der Waals surface area contributed by atoms with Crippen LogP contribution in [0.1, 0.15) is 50.1 Å². The van der Waals surface area contributed by atoms with Crippen molar-refractivity contribution in [2.24, 2.45) is 0 Å². The zero-order valence-electron chi connectivity index (χ0n) is 18.6. The summed E-state index contributed by atoms with van der Waals surface area (Å²) in [7, 11) is 0. The van der Waals surface area contributed by atoms with Crippen molar-refractivity contribution in [3.8, 4) is 5.75 Å². The lowest BCUT2D eigenvalue weighted by atomic mass is 10.0. The number of aryl methyl sites for hydroxylation is 1. The fraction of sp³-hybridized carbons (Fsp3) is 0.348. The second-order valence-electron chi connectivity index (χ2n) is 7.76. The highest BCUT2D eigenvalue weighted by atomic mass is 32.2. The molecule has 2 aromatic carbocycles. The number of thioether (sulfide) groups is 1. The van der Waals surface area contributed by atoms with E-state index in [0.29, 0.717) is 29.0 Å². The minimum absolute atomic E-state index is 0.159. The summed E-state index contributed by atoms with van der Waals surface area (Å²) in [5.74, 6) is 7.18.